The van der Waals surface area contributed by atoms with Crippen molar-refractivity contribution in [1.82, 2.24) is 49.4 Å². The number of carbonyl (C=O) groups excluding carboxylic acids is 5. The average molecular weight is 2030 g/mol. The zero-order valence-corrected chi connectivity index (χ0v) is 81.0. The van der Waals surface area contributed by atoms with Crippen LogP contribution in [0.1, 0.15) is 154 Å². The van der Waals surface area contributed by atoms with E-state index in [-0.39, 0.29) is 79.1 Å². The molecule has 19 nitrogen and oxygen atoms in total. The third kappa shape index (κ3) is 19.9. The number of halogens is 10. The Balaban J connectivity index is 0.000000119. The zero-order chi connectivity index (χ0) is 91.5. The summed E-state index contributed by atoms with van der Waals surface area (Å²) in [5.74, 6) is 0.350. The van der Waals surface area contributed by atoms with Crippen molar-refractivity contribution in [2.45, 2.75) is 109 Å². The van der Waals surface area contributed by atoms with Crippen LogP contribution in [-0.4, -0.2) is 145 Å². The first-order valence-electron chi connectivity index (χ1n) is 42.8. The minimum atomic E-state index is -0.344. The molecule has 29 heteroatoms. The Kier molecular flexibility index (Phi) is 29.2. The van der Waals surface area contributed by atoms with E-state index in [9.17, 15) is 24.0 Å². The number of alkyl halides is 1. The van der Waals surface area contributed by atoms with Crippen LogP contribution in [-0.2, 0) is 55.8 Å². The van der Waals surface area contributed by atoms with Crippen LogP contribution in [0.2, 0.25) is 35.2 Å². The van der Waals surface area contributed by atoms with Crippen LogP contribution in [0.25, 0.3) is 54.5 Å². The fourth-order valence-corrected chi connectivity index (χ4v) is 20.1. The van der Waals surface area contributed by atoms with E-state index in [1.54, 1.807) is 21.6 Å². The number of carbonyl (C=O) groups is 5. The van der Waals surface area contributed by atoms with Gasteiger partial charge in [-0.05, 0) is 254 Å². The molecule has 5 aromatic heterocycles. The molecular weight excluding hydrogens is 1940 g/mol. The average Bonchev–Trinajstić information content (AvgIpc) is 1.61. The van der Waals surface area contributed by atoms with Gasteiger partial charge in [0.25, 0.3) is 0 Å². The number of methoxy groups -OCH3 is 1. The molecule has 5 atom stereocenters. The lowest BCUT2D eigenvalue weighted by Gasteiger charge is -2.35. The SMILES string of the molecule is CC(=O)N1CCc2c([nH]c3ccc(Cl)cc23)C1c1ccc(Cl)cc1.CC(C)OC(=O)N1CCc2c([nH]c3ccc(Cl)cc23)C1c1ccc(Br)cc1.CCCOC(=O)N1CCc2c([nH]c3ccc(Cl)cc23)C1c1ccc(Cl)cc1.COC(=O)N1CCc2c([nH]c3ccc(Cl)cc23)C1c1ccc(Br)cc1.Cc1ccc(C2c3[nH]c4ccc(Cl)cc4c3CCN2C(=O)OCCCl)cc1. The number of aryl methyl sites for hydroxylation is 1. The van der Waals surface area contributed by atoms with Crippen molar-refractivity contribution in [3.05, 3.63) is 346 Å². The Bertz CT molecular complexity index is 6540. The van der Waals surface area contributed by atoms with E-state index < -0.39 is 0 Å². The number of nitrogens with zero attached hydrogens (tertiary/aromatic N) is 5. The molecule has 0 bridgehead atoms. The molecule has 0 saturated heterocycles. The van der Waals surface area contributed by atoms with Gasteiger partial charge in [-0.25, -0.2) is 19.2 Å². The molecule has 0 saturated carbocycles. The van der Waals surface area contributed by atoms with Crippen LogP contribution in [0.3, 0.4) is 0 Å². The first kappa shape index (κ1) is 93.0. The van der Waals surface area contributed by atoms with E-state index >= 15 is 0 Å². The van der Waals surface area contributed by atoms with Gasteiger partial charge in [-0.15, -0.1) is 11.6 Å². The zero-order valence-electron chi connectivity index (χ0n) is 71.8. The normalized spacial score (nSPS) is 16.7. The van der Waals surface area contributed by atoms with Gasteiger partial charge in [-0.1, -0.05) is 198 Å². The fourth-order valence-electron chi connectivity index (χ4n) is 18.4. The molecule has 5 amide bonds. The van der Waals surface area contributed by atoms with E-state index in [1.807, 2.05) is 226 Å². The Morgan fingerprint density at radius 2 is 0.615 bits per heavy atom. The Morgan fingerprint density at radius 3 is 0.892 bits per heavy atom. The summed E-state index contributed by atoms with van der Waals surface area (Å²) in [6, 6.07) is 67.9. The van der Waals surface area contributed by atoms with Gasteiger partial charge in [-0.2, -0.15) is 0 Å². The molecular formula is C101H92Br2Cl8N10O9. The van der Waals surface area contributed by atoms with Crippen molar-refractivity contribution in [2.24, 2.45) is 0 Å². The second kappa shape index (κ2) is 40.8. The van der Waals surface area contributed by atoms with Crippen molar-refractivity contribution in [3.8, 4) is 0 Å². The van der Waals surface area contributed by atoms with Gasteiger partial charge < -0.3 is 48.8 Å². The van der Waals surface area contributed by atoms with Crippen molar-refractivity contribution < 1.29 is 42.9 Å². The smallest absolute Gasteiger partial charge is 0.410 e. The summed E-state index contributed by atoms with van der Waals surface area (Å²) in [6.07, 6.45) is 3.22. The number of benzene rings is 10. The van der Waals surface area contributed by atoms with Crippen LogP contribution in [0.5, 0.6) is 0 Å². The molecule has 20 rings (SSSR count). The minimum Gasteiger partial charge on any atom is -0.453 e. The minimum absolute atomic E-state index is 0.0669. The first-order valence-corrected chi connectivity index (χ1v) is 47.6. The highest BCUT2D eigenvalue weighted by Crippen LogP contribution is 2.47. The largest absolute Gasteiger partial charge is 0.453 e. The van der Waals surface area contributed by atoms with Gasteiger partial charge in [0.05, 0.1) is 31.7 Å². The lowest BCUT2D eigenvalue weighted by Crippen LogP contribution is -2.41. The second-order valence-corrected chi connectivity index (χ2v) is 38.0. The Hall–Kier alpha value is -10.3. The number of nitrogens with one attached hydrogen (secondary N) is 5. The maximum absolute atomic E-state index is 12.8. The van der Waals surface area contributed by atoms with Crippen molar-refractivity contribution in [1.29, 1.82) is 0 Å². The van der Waals surface area contributed by atoms with Gasteiger partial charge in [0.15, 0.2) is 0 Å². The summed E-state index contributed by atoms with van der Waals surface area (Å²) in [5.41, 5.74) is 22.7. The van der Waals surface area contributed by atoms with Gasteiger partial charge in [0.1, 0.15) is 30.8 Å². The molecule has 670 valence electrons. The van der Waals surface area contributed by atoms with E-state index in [0.717, 1.165) is 163 Å². The molecule has 10 aromatic carbocycles. The maximum Gasteiger partial charge on any atom is 0.410 e. The summed E-state index contributed by atoms with van der Waals surface area (Å²) in [4.78, 5) is 89.4. The van der Waals surface area contributed by atoms with Crippen molar-refractivity contribution in [3.63, 3.8) is 0 Å². The number of aromatic amines is 5. The van der Waals surface area contributed by atoms with E-state index in [2.05, 4.69) is 81.0 Å². The molecule has 0 fully saturated rings. The Morgan fingerprint density at radius 1 is 0.362 bits per heavy atom. The summed E-state index contributed by atoms with van der Waals surface area (Å²) in [7, 11) is 1.42. The van der Waals surface area contributed by atoms with Crippen LogP contribution < -0.4 is 0 Å². The number of fused-ring (bicyclic) bond motifs is 15. The monoisotopic (exact) mass is 2030 g/mol. The number of aromatic nitrogens is 5. The summed E-state index contributed by atoms with van der Waals surface area (Å²) in [6.45, 7) is 13.0. The van der Waals surface area contributed by atoms with Gasteiger partial charge in [-0.3, -0.25) is 24.4 Å². The molecule has 10 heterocycles. The lowest BCUT2D eigenvalue weighted by molar-refractivity contribution is -0.130. The second-order valence-electron chi connectivity index (χ2n) is 32.7. The van der Waals surface area contributed by atoms with Crippen LogP contribution >= 0.6 is 125 Å². The number of rotatable bonds is 10. The van der Waals surface area contributed by atoms with E-state index in [0.29, 0.717) is 69.5 Å². The number of H-pyrrole nitrogens is 5. The maximum atomic E-state index is 12.8. The molecule has 0 spiro atoms. The van der Waals surface area contributed by atoms with Gasteiger partial charge in [0, 0.05) is 167 Å². The van der Waals surface area contributed by atoms with Crippen molar-refractivity contribution >= 4 is 209 Å². The van der Waals surface area contributed by atoms with Crippen LogP contribution in [0.15, 0.2) is 221 Å². The highest BCUT2D eigenvalue weighted by atomic mass is 79.9. The highest BCUT2D eigenvalue weighted by molar-refractivity contribution is 9.10. The van der Waals surface area contributed by atoms with Crippen LogP contribution in [0, 0.1) is 6.92 Å². The third-order valence-electron chi connectivity index (χ3n) is 24.2. The summed E-state index contributed by atoms with van der Waals surface area (Å²) in [5, 5.41) is 10.5. The molecule has 5 aliphatic rings. The molecule has 130 heavy (non-hydrogen) atoms. The third-order valence-corrected chi connectivity index (χ3v) is 27.1. The number of ether oxygens (including phenoxy) is 4. The fraction of sp³-hybridized carbons (Fsp3) is 0.257. The number of hydrogen-bond acceptors (Lipinski definition) is 9. The molecule has 5 unspecified atom stereocenters. The molecule has 5 N–H and O–H groups in total. The predicted octanol–water partition coefficient (Wildman–Crippen LogP) is 27.8. The van der Waals surface area contributed by atoms with Crippen LogP contribution in [0.4, 0.5) is 19.2 Å². The standard InChI is InChI=1S/C21H20BrClN2O2.2C21H20Cl2N2O2.C19H16BrClN2O2.C19H16Cl2N2O/c1-12(2)27-21(26)25-10-9-16-17-11-15(23)7-8-18(17)24-19(16)20(25)13-3-5-14(22)6-4-13;1-13-2-4-14(5-3-13)20-19-16(8-10-25(20)21(26)27-11-9-22)17-12-15(23)6-7-18(17)24-19;1-2-11-27-21(26)25-10-9-16-17-12-15(23)7-8-18(17)24-19(16)20(25)13-3-5-14(22)6-4-13;1-25-19(24)23-9-8-14-15-10-13(21)6-7-16(15)22-17(14)18(23)11-2-4-12(20)5-3-11;1-11(24)23-9-8-15-16-10-14(21)6-7-17(16)22-18(15)19(23)12-2-4-13(20)5-3-12/h3-8,11-12,20,24H,9-10H2,1-2H3;2-7,12,20,24H,8-11H2,1H3;3-8,12,20,24H,2,9-11H2,1H3;2-7,10,18,22H,8-9H2,1H3;2-7,10,19,22H,8-9H2,1H3. The van der Waals surface area contributed by atoms with E-state index in [1.165, 1.54) is 40.5 Å². The topological polar surface area (TPSA) is 217 Å². The van der Waals surface area contributed by atoms with E-state index in [4.69, 9.17) is 112 Å². The quantitative estimate of drug-likeness (QED) is 0.0649. The lowest BCUT2D eigenvalue weighted by atomic mass is 9.92. The molecule has 0 radical (unpaired) electrons. The molecule has 0 aliphatic carbocycles. The summed E-state index contributed by atoms with van der Waals surface area (Å²) >= 11 is 55.8. The molecule has 15 aromatic rings. The number of amides is 5. The van der Waals surface area contributed by atoms with Crippen molar-refractivity contribution in [2.75, 3.05) is 58.9 Å². The van der Waals surface area contributed by atoms with Gasteiger partial charge >= 0.3 is 24.4 Å². The Labute approximate surface area is 809 Å². The highest BCUT2D eigenvalue weighted by Gasteiger charge is 2.41. The number of hydrogen-bond donors (Lipinski definition) is 5. The van der Waals surface area contributed by atoms with Gasteiger partial charge in [0.2, 0.25) is 5.91 Å². The molecule has 5 aliphatic heterocycles. The first-order chi connectivity index (χ1) is 62.7. The summed E-state index contributed by atoms with van der Waals surface area (Å²) < 4.78 is 23.3. The predicted molar refractivity (Wildman–Crippen MR) is 529 cm³/mol.